The number of nitrogens with zero attached hydrogens (tertiary/aromatic N) is 3. The number of sulfonamides is 1. The highest BCUT2D eigenvalue weighted by Gasteiger charge is 2.17. The van der Waals surface area contributed by atoms with Crippen LogP contribution in [0.1, 0.15) is 6.92 Å². The van der Waals surface area contributed by atoms with Crippen LogP contribution in [0.2, 0.25) is 0 Å². The highest BCUT2D eigenvalue weighted by molar-refractivity contribution is 7.92. The molecular weight excluding hydrogens is 438 g/mol. The van der Waals surface area contributed by atoms with Gasteiger partial charge >= 0.3 is 0 Å². The van der Waals surface area contributed by atoms with Crippen molar-refractivity contribution >= 4 is 32.3 Å². The third-order valence-corrected chi connectivity index (χ3v) is 6.73. The standard InChI is InChI=1S/C24H33N5O3S/c1-4-29-22-17-20(32-16-15-28-13-11-27(2)12-14-28)9-10-21(22)23(25)24(29)18-5-7-19(8-6-18)26-33(3,30)31/h5-10,17,26H,4,11-16,25H2,1-3H3. The number of hydrogen-bond acceptors (Lipinski definition) is 6. The second-order valence-corrected chi connectivity index (χ2v) is 10.4. The lowest BCUT2D eigenvalue weighted by Crippen LogP contribution is -2.45. The average Bonchev–Trinajstić information content (AvgIpc) is 3.06. The van der Waals surface area contributed by atoms with E-state index in [4.69, 9.17) is 10.5 Å². The predicted molar refractivity (Wildman–Crippen MR) is 135 cm³/mol. The van der Waals surface area contributed by atoms with Crippen molar-refractivity contribution in [3.05, 3.63) is 42.5 Å². The van der Waals surface area contributed by atoms with E-state index in [9.17, 15) is 8.42 Å². The lowest BCUT2D eigenvalue weighted by atomic mass is 10.1. The highest BCUT2D eigenvalue weighted by atomic mass is 32.2. The number of aryl methyl sites for hydroxylation is 1. The van der Waals surface area contributed by atoms with Crippen LogP contribution in [0.3, 0.4) is 0 Å². The Kier molecular flexibility index (Phi) is 6.83. The van der Waals surface area contributed by atoms with Crippen molar-refractivity contribution in [3.8, 4) is 17.0 Å². The van der Waals surface area contributed by atoms with Crippen molar-refractivity contribution in [2.45, 2.75) is 13.5 Å². The number of likely N-dealkylation sites (N-methyl/N-ethyl adjacent to an activating group) is 1. The number of hydrogen-bond donors (Lipinski definition) is 2. The first kappa shape index (κ1) is 23.4. The number of nitrogens with one attached hydrogen (secondary N) is 1. The van der Waals surface area contributed by atoms with Crippen LogP contribution < -0.4 is 15.2 Å². The molecule has 0 saturated carbocycles. The lowest BCUT2D eigenvalue weighted by Gasteiger charge is -2.32. The van der Waals surface area contributed by atoms with Gasteiger partial charge in [0.2, 0.25) is 10.0 Å². The molecule has 2 aromatic carbocycles. The average molecular weight is 472 g/mol. The summed E-state index contributed by atoms with van der Waals surface area (Å²) in [5.41, 5.74) is 10.7. The van der Waals surface area contributed by atoms with Gasteiger partial charge in [0.25, 0.3) is 0 Å². The SMILES string of the molecule is CCn1c(-c2ccc(NS(C)(=O)=O)cc2)c(N)c2ccc(OCCN3CCN(C)CC3)cc21. The first-order valence-electron chi connectivity index (χ1n) is 11.3. The van der Waals surface area contributed by atoms with Gasteiger partial charge in [-0.15, -0.1) is 0 Å². The molecule has 2 heterocycles. The van der Waals surface area contributed by atoms with Gasteiger partial charge in [-0.1, -0.05) is 12.1 Å². The Labute approximate surface area is 196 Å². The highest BCUT2D eigenvalue weighted by Crippen LogP contribution is 2.38. The van der Waals surface area contributed by atoms with E-state index in [2.05, 4.69) is 39.1 Å². The zero-order valence-corrected chi connectivity index (χ0v) is 20.4. The molecule has 1 aromatic heterocycles. The van der Waals surface area contributed by atoms with Gasteiger partial charge in [0.15, 0.2) is 0 Å². The molecule has 0 aliphatic carbocycles. The molecule has 8 nitrogen and oxygen atoms in total. The molecule has 0 unspecified atom stereocenters. The first-order chi connectivity index (χ1) is 15.7. The van der Waals surface area contributed by atoms with Crippen LogP contribution in [-0.2, 0) is 16.6 Å². The van der Waals surface area contributed by atoms with E-state index in [0.717, 1.165) is 73.4 Å². The number of rotatable bonds is 8. The van der Waals surface area contributed by atoms with Crippen molar-refractivity contribution in [1.82, 2.24) is 14.4 Å². The summed E-state index contributed by atoms with van der Waals surface area (Å²) in [7, 11) is -1.16. The summed E-state index contributed by atoms with van der Waals surface area (Å²) in [5, 5.41) is 0.983. The van der Waals surface area contributed by atoms with E-state index in [1.54, 1.807) is 12.1 Å². The van der Waals surface area contributed by atoms with Crippen molar-refractivity contribution in [2.24, 2.45) is 0 Å². The lowest BCUT2D eigenvalue weighted by molar-refractivity contribution is 0.134. The molecule has 9 heteroatoms. The van der Waals surface area contributed by atoms with E-state index in [0.29, 0.717) is 18.0 Å². The summed E-state index contributed by atoms with van der Waals surface area (Å²) in [4.78, 5) is 4.79. The minimum absolute atomic E-state index is 0.523. The van der Waals surface area contributed by atoms with E-state index in [1.807, 2.05) is 24.3 Å². The summed E-state index contributed by atoms with van der Waals surface area (Å²) in [5.74, 6) is 0.836. The Morgan fingerprint density at radius 3 is 2.39 bits per heavy atom. The molecule has 1 aliphatic heterocycles. The molecule has 0 radical (unpaired) electrons. The molecule has 0 atom stereocenters. The molecule has 1 fully saturated rings. The number of benzene rings is 2. The van der Waals surface area contributed by atoms with Gasteiger partial charge < -0.3 is 19.9 Å². The van der Waals surface area contributed by atoms with Gasteiger partial charge in [-0.3, -0.25) is 9.62 Å². The zero-order chi connectivity index (χ0) is 23.6. The normalized spacial score (nSPS) is 15.7. The topological polar surface area (TPSA) is 92.8 Å². The minimum Gasteiger partial charge on any atom is -0.492 e. The molecule has 3 N–H and O–H groups in total. The number of anilines is 2. The van der Waals surface area contributed by atoms with Gasteiger partial charge in [-0.25, -0.2) is 8.42 Å². The molecule has 0 bridgehead atoms. The van der Waals surface area contributed by atoms with Crippen LogP contribution in [0.15, 0.2) is 42.5 Å². The van der Waals surface area contributed by atoms with E-state index >= 15 is 0 Å². The number of piperazine rings is 1. The van der Waals surface area contributed by atoms with Crippen molar-refractivity contribution in [3.63, 3.8) is 0 Å². The van der Waals surface area contributed by atoms with E-state index < -0.39 is 10.0 Å². The number of nitrogens with two attached hydrogens (primary N) is 1. The number of aromatic nitrogens is 1. The molecule has 0 amide bonds. The number of ether oxygens (including phenoxy) is 1. The third-order valence-electron chi connectivity index (χ3n) is 6.13. The van der Waals surface area contributed by atoms with E-state index in [1.165, 1.54) is 0 Å². The first-order valence-corrected chi connectivity index (χ1v) is 13.2. The Bertz CT molecular complexity index is 1210. The summed E-state index contributed by atoms with van der Waals surface area (Å²) >= 11 is 0. The van der Waals surface area contributed by atoms with Gasteiger partial charge in [0.05, 0.1) is 23.2 Å². The molecule has 3 aromatic rings. The van der Waals surface area contributed by atoms with Crippen LogP contribution >= 0.6 is 0 Å². The smallest absolute Gasteiger partial charge is 0.229 e. The van der Waals surface area contributed by atoms with Crippen LogP contribution in [0, 0.1) is 0 Å². The van der Waals surface area contributed by atoms with Gasteiger partial charge in [-0.05, 0) is 38.2 Å². The monoisotopic (exact) mass is 471 g/mol. The molecule has 0 spiro atoms. The zero-order valence-electron chi connectivity index (χ0n) is 19.5. The van der Waals surface area contributed by atoms with Crippen molar-refractivity contribution in [1.29, 1.82) is 0 Å². The molecule has 1 aliphatic rings. The summed E-state index contributed by atoms with van der Waals surface area (Å²) in [6.07, 6.45) is 1.14. The maximum atomic E-state index is 11.5. The van der Waals surface area contributed by atoms with Crippen LogP contribution in [0.5, 0.6) is 5.75 Å². The van der Waals surface area contributed by atoms with Crippen LogP contribution in [0.25, 0.3) is 22.2 Å². The van der Waals surface area contributed by atoms with Gasteiger partial charge in [0.1, 0.15) is 12.4 Å². The van der Waals surface area contributed by atoms with E-state index in [-0.39, 0.29) is 0 Å². The fraction of sp³-hybridized carbons (Fsp3) is 0.417. The third kappa shape index (κ3) is 5.43. The fourth-order valence-corrected chi connectivity index (χ4v) is 4.92. The Morgan fingerprint density at radius 2 is 1.76 bits per heavy atom. The maximum Gasteiger partial charge on any atom is 0.229 e. The largest absolute Gasteiger partial charge is 0.492 e. The Hall–Kier alpha value is -2.75. The molecule has 178 valence electrons. The second-order valence-electron chi connectivity index (χ2n) is 8.63. The van der Waals surface area contributed by atoms with Crippen molar-refractivity contribution in [2.75, 3.05) is 63.1 Å². The van der Waals surface area contributed by atoms with Gasteiger partial charge in [-0.2, -0.15) is 0 Å². The molecule has 1 saturated heterocycles. The van der Waals surface area contributed by atoms with Gasteiger partial charge in [0, 0.05) is 62.0 Å². The molecular formula is C24H33N5O3S. The Morgan fingerprint density at radius 1 is 1.06 bits per heavy atom. The fourth-order valence-electron chi connectivity index (χ4n) is 4.36. The number of fused-ring (bicyclic) bond motifs is 1. The summed E-state index contributed by atoms with van der Waals surface area (Å²) in [6.45, 7) is 8.76. The maximum absolute atomic E-state index is 11.5. The Balaban J connectivity index is 1.54. The summed E-state index contributed by atoms with van der Waals surface area (Å²) < 4.78 is 33.7. The number of nitrogen functional groups attached to an aromatic ring is 1. The quantitative estimate of drug-likeness (QED) is 0.525. The molecule has 4 rings (SSSR count). The minimum atomic E-state index is -3.32. The predicted octanol–water partition coefficient (Wildman–Crippen LogP) is 2.91. The van der Waals surface area contributed by atoms with Crippen LogP contribution in [0.4, 0.5) is 11.4 Å². The second kappa shape index (κ2) is 9.62. The van der Waals surface area contributed by atoms with Crippen molar-refractivity contribution < 1.29 is 13.2 Å². The summed E-state index contributed by atoms with van der Waals surface area (Å²) in [6, 6.07) is 13.3. The molecule has 33 heavy (non-hydrogen) atoms. The van der Waals surface area contributed by atoms with Crippen LogP contribution in [-0.4, -0.2) is 75.4 Å².